The molecule has 1 heterocycles. The van der Waals surface area contributed by atoms with Crippen LogP contribution in [0.25, 0.3) is 6.08 Å². The number of hydrogen-bond donors (Lipinski definition) is 1. The van der Waals surface area contributed by atoms with E-state index in [2.05, 4.69) is 0 Å². The quantitative estimate of drug-likeness (QED) is 0.164. The van der Waals surface area contributed by atoms with Gasteiger partial charge in [0.25, 0.3) is 17.7 Å². The second kappa shape index (κ2) is 12.2. The highest BCUT2D eigenvalue weighted by Gasteiger charge is 2.40. The van der Waals surface area contributed by atoms with Crippen LogP contribution >= 0.6 is 34.8 Å². The fraction of sp³-hybridized carbons (Fsp3) is 0.143. The lowest BCUT2D eigenvalue weighted by Gasteiger charge is -2.36. The molecular weight excluding hydrogens is 617 g/mol. The first-order valence-electron chi connectivity index (χ1n) is 11.6. The molecule has 194 valence electrons. The Morgan fingerprint density at radius 3 is 2.32 bits per heavy atom. The number of nitrogens with zero attached hydrogens (tertiary/aromatic N) is 2. The van der Waals surface area contributed by atoms with E-state index in [-0.39, 0.29) is 17.3 Å². The fourth-order valence-corrected chi connectivity index (χ4v) is 5.08. The van der Waals surface area contributed by atoms with Crippen molar-refractivity contribution in [3.8, 4) is 11.5 Å². The van der Waals surface area contributed by atoms with Gasteiger partial charge in [-0.2, -0.15) is 0 Å². The van der Waals surface area contributed by atoms with Crippen LogP contribution in [0.4, 0.5) is 5.69 Å². The molecule has 0 aromatic heterocycles. The van der Waals surface area contributed by atoms with E-state index in [1.54, 1.807) is 36.4 Å². The highest BCUT2D eigenvalue weighted by molar-refractivity contribution is 14.1. The maximum absolute atomic E-state index is 13.7. The average Bonchev–Trinajstić information content (AvgIpc) is 2.91. The summed E-state index contributed by atoms with van der Waals surface area (Å²) in [4.78, 5) is 41.3. The number of carbonyl (C=O) groups excluding carboxylic acids is 3. The third kappa shape index (κ3) is 6.03. The number of ether oxygens (including phenoxy) is 2. The number of methoxy groups -OCH3 is 1. The van der Waals surface area contributed by atoms with E-state index in [1.165, 1.54) is 23.0 Å². The van der Waals surface area contributed by atoms with Gasteiger partial charge in [0.2, 0.25) is 0 Å². The van der Waals surface area contributed by atoms with Gasteiger partial charge in [0, 0.05) is 6.54 Å². The Labute approximate surface area is 239 Å². The zero-order chi connectivity index (χ0) is 27.2. The minimum Gasteiger partial charge on any atom is -0.493 e. The van der Waals surface area contributed by atoms with Crippen LogP contribution in [0.15, 0.2) is 78.4 Å². The Balaban J connectivity index is 1.74. The summed E-state index contributed by atoms with van der Waals surface area (Å²) in [5, 5.41) is 0.127. The summed E-state index contributed by atoms with van der Waals surface area (Å²) in [7, 11) is 1.46. The zero-order valence-electron chi connectivity index (χ0n) is 20.4. The van der Waals surface area contributed by atoms with Crippen molar-refractivity contribution in [1.82, 2.24) is 4.90 Å². The van der Waals surface area contributed by atoms with E-state index < -0.39 is 17.7 Å². The number of para-hydroxylation sites is 1. The molecule has 0 radical (unpaired) electrons. The van der Waals surface area contributed by atoms with Crippen molar-refractivity contribution < 1.29 is 23.9 Å². The summed E-state index contributed by atoms with van der Waals surface area (Å²) in [6.07, 6.45) is 2.08. The van der Waals surface area contributed by atoms with Gasteiger partial charge >= 0.3 is 0 Å². The van der Waals surface area contributed by atoms with Gasteiger partial charge in [-0.3, -0.25) is 24.2 Å². The largest absolute Gasteiger partial charge is 0.493 e. The van der Waals surface area contributed by atoms with E-state index >= 15 is 0 Å². The standard InChI is InChI=1S/C28H24IN3O5S/c1-36-23-16-19(15-22(29)25(23)37-17-24(30)33)14-21-26(34)31(13-12-18-8-4-2-5-9-18)28(38)32(27(21)35)20-10-6-3-7-11-20/h2-11,14-16H,12-13,17H2,1H3,(H2,30,33)/b21-14-. The topological polar surface area (TPSA) is 102 Å². The number of nitrogens with two attached hydrogens (primary N) is 1. The van der Waals surface area contributed by atoms with Gasteiger partial charge in [-0.05, 0) is 82.7 Å². The van der Waals surface area contributed by atoms with E-state index in [1.807, 2.05) is 59.0 Å². The second-order valence-electron chi connectivity index (χ2n) is 8.30. The molecule has 2 N–H and O–H groups in total. The third-order valence-electron chi connectivity index (χ3n) is 5.73. The first-order valence-corrected chi connectivity index (χ1v) is 13.1. The second-order valence-corrected chi connectivity index (χ2v) is 9.83. The van der Waals surface area contributed by atoms with Crippen LogP contribution in [0.1, 0.15) is 11.1 Å². The Morgan fingerprint density at radius 1 is 1.03 bits per heavy atom. The minimum atomic E-state index is -0.625. The summed E-state index contributed by atoms with van der Waals surface area (Å²) in [5.41, 5.74) is 7.31. The predicted octanol–water partition coefficient (Wildman–Crippen LogP) is 3.95. The predicted molar refractivity (Wildman–Crippen MR) is 157 cm³/mol. The van der Waals surface area contributed by atoms with Crippen LogP contribution < -0.4 is 20.1 Å². The summed E-state index contributed by atoms with van der Waals surface area (Å²) >= 11 is 7.68. The molecule has 8 nitrogen and oxygen atoms in total. The Hall–Kier alpha value is -3.77. The number of primary amides is 1. The number of anilines is 1. The summed E-state index contributed by atoms with van der Waals surface area (Å²) < 4.78 is 11.5. The number of carbonyl (C=O) groups is 3. The van der Waals surface area contributed by atoms with Crippen LogP contribution in [-0.2, 0) is 20.8 Å². The average molecular weight is 641 g/mol. The molecule has 0 unspecified atom stereocenters. The molecule has 38 heavy (non-hydrogen) atoms. The maximum atomic E-state index is 13.7. The molecule has 0 atom stereocenters. The summed E-state index contributed by atoms with van der Waals surface area (Å²) in [6, 6.07) is 22.1. The molecule has 10 heteroatoms. The SMILES string of the molecule is COc1cc(/C=C2/C(=O)N(CCc3ccccc3)C(=S)N(c3ccccc3)C2=O)cc(I)c1OCC(N)=O. The van der Waals surface area contributed by atoms with Crippen molar-refractivity contribution in [1.29, 1.82) is 0 Å². The van der Waals surface area contributed by atoms with Crippen LogP contribution in [0.3, 0.4) is 0 Å². The van der Waals surface area contributed by atoms with Crippen LogP contribution in [0.2, 0.25) is 0 Å². The number of rotatable bonds is 9. The lowest BCUT2D eigenvalue weighted by molar-refractivity contribution is -0.128. The molecule has 1 aliphatic rings. The number of thiocarbonyl (C=S) groups is 1. The molecule has 0 spiro atoms. The first-order chi connectivity index (χ1) is 18.3. The summed E-state index contributed by atoms with van der Waals surface area (Å²) in [6.45, 7) is -0.0139. The molecule has 3 aromatic carbocycles. The molecule has 4 rings (SSSR count). The molecule has 0 aliphatic carbocycles. The first kappa shape index (κ1) is 27.3. The van der Waals surface area contributed by atoms with E-state index in [9.17, 15) is 14.4 Å². The van der Waals surface area contributed by atoms with Crippen LogP contribution in [0.5, 0.6) is 11.5 Å². The molecule has 0 bridgehead atoms. The van der Waals surface area contributed by atoms with Crippen LogP contribution in [-0.4, -0.2) is 48.0 Å². The number of halogens is 1. The molecule has 1 saturated heterocycles. The van der Waals surface area contributed by atoms with Gasteiger partial charge in [0.15, 0.2) is 23.2 Å². The summed E-state index contributed by atoms with van der Waals surface area (Å²) in [5.74, 6) is -0.958. The normalized spacial score (nSPS) is 14.7. The number of amides is 3. The van der Waals surface area contributed by atoms with Gasteiger partial charge in [-0.15, -0.1) is 0 Å². The van der Waals surface area contributed by atoms with E-state index in [0.717, 1.165) is 5.56 Å². The number of hydrogen-bond acceptors (Lipinski definition) is 6. The monoisotopic (exact) mass is 641 g/mol. The lowest BCUT2D eigenvalue weighted by atomic mass is 10.0. The van der Waals surface area contributed by atoms with E-state index in [0.29, 0.717) is 39.3 Å². The Morgan fingerprint density at radius 2 is 1.68 bits per heavy atom. The zero-order valence-corrected chi connectivity index (χ0v) is 23.4. The smallest absolute Gasteiger partial charge is 0.270 e. The maximum Gasteiger partial charge on any atom is 0.270 e. The number of benzene rings is 3. The Kier molecular flexibility index (Phi) is 8.74. The van der Waals surface area contributed by atoms with Crippen molar-refractivity contribution >= 4 is 69.4 Å². The van der Waals surface area contributed by atoms with Gasteiger partial charge in [-0.25, -0.2) is 0 Å². The fourth-order valence-electron chi connectivity index (χ4n) is 3.94. The van der Waals surface area contributed by atoms with Crippen molar-refractivity contribution in [3.63, 3.8) is 0 Å². The minimum absolute atomic E-state index is 0.0424. The molecule has 3 aromatic rings. The lowest BCUT2D eigenvalue weighted by Crippen LogP contribution is -2.57. The van der Waals surface area contributed by atoms with Gasteiger partial charge in [0.05, 0.1) is 16.4 Å². The van der Waals surface area contributed by atoms with Crippen molar-refractivity contribution in [3.05, 3.63) is 93.1 Å². The van der Waals surface area contributed by atoms with Crippen molar-refractivity contribution in [2.45, 2.75) is 6.42 Å². The van der Waals surface area contributed by atoms with Crippen molar-refractivity contribution in [2.24, 2.45) is 5.73 Å². The Bertz CT molecular complexity index is 1410. The van der Waals surface area contributed by atoms with Crippen LogP contribution in [0, 0.1) is 3.57 Å². The van der Waals surface area contributed by atoms with Gasteiger partial charge in [0.1, 0.15) is 5.57 Å². The van der Waals surface area contributed by atoms with Gasteiger partial charge < -0.3 is 15.2 Å². The molecule has 1 fully saturated rings. The highest BCUT2D eigenvalue weighted by atomic mass is 127. The van der Waals surface area contributed by atoms with E-state index in [4.69, 9.17) is 27.4 Å². The van der Waals surface area contributed by atoms with Gasteiger partial charge in [-0.1, -0.05) is 48.5 Å². The molecule has 0 saturated carbocycles. The highest BCUT2D eigenvalue weighted by Crippen LogP contribution is 2.35. The molecule has 3 amide bonds. The third-order valence-corrected chi connectivity index (χ3v) is 6.94. The van der Waals surface area contributed by atoms with Crippen molar-refractivity contribution in [2.75, 3.05) is 25.2 Å². The molecule has 1 aliphatic heterocycles. The molecular formula is C28H24IN3O5S.